The van der Waals surface area contributed by atoms with Gasteiger partial charge in [-0.2, -0.15) is 0 Å². The minimum absolute atomic E-state index is 0. The Morgan fingerprint density at radius 2 is 0.773 bits per heavy atom. The molecular weight excluding hydrogens is 579 g/mol. The van der Waals surface area contributed by atoms with E-state index in [9.17, 15) is 0 Å². The third-order valence-electron chi connectivity index (χ3n) is 8.58. The summed E-state index contributed by atoms with van der Waals surface area (Å²) < 4.78 is 0. The van der Waals surface area contributed by atoms with Crippen LogP contribution in [0.4, 0.5) is 11.4 Å². The summed E-state index contributed by atoms with van der Waals surface area (Å²) in [5.41, 5.74) is 8.18. The minimum atomic E-state index is 0. The summed E-state index contributed by atoms with van der Waals surface area (Å²) in [6.45, 7) is 10.9. The molecule has 0 spiro atoms. The summed E-state index contributed by atoms with van der Waals surface area (Å²) in [4.78, 5) is 9.85. The Morgan fingerprint density at radius 1 is 0.455 bits per heavy atom. The van der Waals surface area contributed by atoms with Gasteiger partial charge in [0.25, 0.3) is 0 Å². The fourth-order valence-corrected chi connectivity index (χ4v) is 6.24. The van der Waals surface area contributed by atoms with E-state index >= 15 is 0 Å². The Kier molecular flexibility index (Phi) is 24.3. The van der Waals surface area contributed by atoms with Crippen molar-refractivity contribution in [1.29, 1.82) is 0 Å². The maximum atomic E-state index is 5.03. The molecule has 2 rings (SSSR count). The average molecular weight is 646 g/mol. The van der Waals surface area contributed by atoms with Gasteiger partial charge in [-0.25, -0.2) is 0 Å². The number of aliphatic imine (C=N–C) groups is 2. The summed E-state index contributed by atoms with van der Waals surface area (Å²) in [6, 6.07) is 13.1. The number of hydrogen-bond acceptors (Lipinski definition) is 2. The van der Waals surface area contributed by atoms with Crippen molar-refractivity contribution < 1.29 is 16.5 Å². The van der Waals surface area contributed by atoms with Gasteiger partial charge in [-0.05, 0) is 87.1 Å². The van der Waals surface area contributed by atoms with Gasteiger partial charge < -0.3 is 0 Å². The smallest absolute Gasteiger partial charge is 0.0638 e. The van der Waals surface area contributed by atoms with Crippen LogP contribution in [0.2, 0.25) is 0 Å². The van der Waals surface area contributed by atoms with Gasteiger partial charge in [-0.1, -0.05) is 147 Å². The first-order valence-corrected chi connectivity index (χ1v) is 18.2. The Balaban J connectivity index is 0.00000968. The number of aryl methyl sites for hydroxylation is 4. The van der Waals surface area contributed by atoms with Crippen LogP contribution in [0.1, 0.15) is 170 Å². The molecule has 0 N–H and O–H groups in total. The monoisotopic (exact) mass is 644 g/mol. The van der Waals surface area contributed by atoms with Crippen LogP contribution in [0.15, 0.2) is 46.4 Å². The molecule has 0 unspecified atom stereocenters. The van der Waals surface area contributed by atoms with Crippen LogP contribution in [0, 0.1) is 27.7 Å². The second-order valence-electron chi connectivity index (χ2n) is 13.4. The van der Waals surface area contributed by atoms with Gasteiger partial charge in [0.15, 0.2) is 0 Å². The molecule has 0 heterocycles. The molecule has 0 saturated carbocycles. The molecule has 0 amide bonds. The molecule has 0 saturated heterocycles. The second-order valence-corrected chi connectivity index (χ2v) is 13.4. The van der Waals surface area contributed by atoms with Crippen LogP contribution in [0.25, 0.3) is 0 Å². The molecule has 250 valence electrons. The average Bonchev–Trinajstić information content (AvgIpc) is 2.95. The van der Waals surface area contributed by atoms with Crippen molar-refractivity contribution in [2.45, 2.75) is 176 Å². The van der Waals surface area contributed by atoms with E-state index in [0.717, 1.165) is 23.5 Å². The Bertz CT molecular complexity index is 1010. The van der Waals surface area contributed by atoms with E-state index in [1.165, 1.54) is 157 Å². The van der Waals surface area contributed by atoms with E-state index in [-0.39, 0.29) is 16.5 Å². The molecule has 0 aromatic heterocycles. The summed E-state index contributed by atoms with van der Waals surface area (Å²) >= 11 is 0. The molecule has 2 nitrogen and oxygen atoms in total. The topological polar surface area (TPSA) is 24.7 Å². The zero-order chi connectivity index (χ0) is 31.0. The summed E-state index contributed by atoms with van der Waals surface area (Å²) in [7, 11) is 0. The maximum absolute atomic E-state index is 5.03. The van der Waals surface area contributed by atoms with Crippen LogP contribution in [0.3, 0.4) is 0 Å². The third-order valence-corrected chi connectivity index (χ3v) is 8.58. The normalized spacial score (nSPS) is 11.8. The molecule has 0 atom stereocenters. The van der Waals surface area contributed by atoms with Crippen LogP contribution in [-0.2, 0) is 16.5 Å². The van der Waals surface area contributed by atoms with Crippen molar-refractivity contribution in [1.82, 2.24) is 0 Å². The van der Waals surface area contributed by atoms with Crippen LogP contribution >= 0.6 is 0 Å². The number of unbranched alkanes of at least 4 members (excludes halogenated alkanes) is 20. The van der Waals surface area contributed by atoms with Crippen molar-refractivity contribution in [3.8, 4) is 0 Å². The summed E-state index contributed by atoms with van der Waals surface area (Å²) in [5, 5.41) is 0. The van der Waals surface area contributed by atoms with Gasteiger partial charge >= 0.3 is 0 Å². The first-order valence-electron chi connectivity index (χ1n) is 18.2. The van der Waals surface area contributed by atoms with Crippen LogP contribution < -0.4 is 0 Å². The number of rotatable bonds is 25. The van der Waals surface area contributed by atoms with E-state index in [2.05, 4.69) is 71.0 Å². The van der Waals surface area contributed by atoms with Gasteiger partial charge in [0.2, 0.25) is 0 Å². The van der Waals surface area contributed by atoms with Crippen LogP contribution in [0.5, 0.6) is 0 Å². The number of nitrogens with zero attached hydrogens (tertiary/aromatic N) is 2. The largest absolute Gasteiger partial charge is 0.255 e. The molecule has 0 aliphatic rings. The van der Waals surface area contributed by atoms with Gasteiger partial charge in [-0.3, -0.25) is 9.98 Å². The molecule has 0 aliphatic carbocycles. The second kappa shape index (κ2) is 26.5. The summed E-state index contributed by atoms with van der Waals surface area (Å²) in [6.07, 6.45) is 32.7. The van der Waals surface area contributed by atoms with E-state index in [0.29, 0.717) is 0 Å². The van der Waals surface area contributed by atoms with Crippen LogP contribution in [-0.4, -0.2) is 11.9 Å². The van der Waals surface area contributed by atoms with E-state index in [4.69, 9.17) is 9.98 Å². The van der Waals surface area contributed by atoms with Gasteiger partial charge in [-0.15, -0.1) is 0 Å². The quantitative estimate of drug-likeness (QED) is 0.0583. The van der Waals surface area contributed by atoms with Crippen molar-refractivity contribution in [2.75, 3.05) is 0 Å². The van der Waals surface area contributed by atoms with E-state index < -0.39 is 0 Å². The molecule has 2 aromatic carbocycles. The molecule has 0 bridgehead atoms. The zero-order valence-electron chi connectivity index (χ0n) is 29.3. The summed E-state index contributed by atoms with van der Waals surface area (Å²) in [5.74, 6) is 0. The predicted molar refractivity (Wildman–Crippen MR) is 194 cm³/mol. The fourth-order valence-electron chi connectivity index (χ4n) is 6.24. The Hall–Kier alpha value is -1.73. The van der Waals surface area contributed by atoms with Crippen molar-refractivity contribution in [3.05, 3.63) is 58.7 Å². The van der Waals surface area contributed by atoms with E-state index in [1.807, 2.05) is 6.21 Å². The molecular formula is C41H66N2Ni. The van der Waals surface area contributed by atoms with E-state index in [1.54, 1.807) is 0 Å². The maximum Gasteiger partial charge on any atom is 0.0638 e. The number of benzene rings is 2. The minimum Gasteiger partial charge on any atom is -0.255 e. The van der Waals surface area contributed by atoms with Crippen molar-refractivity contribution in [3.63, 3.8) is 0 Å². The Morgan fingerprint density at radius 3 is 1.14 bits per heavy atom. The van der Waals surface area contributed by atoms with Gasteiger partial charge in [0.05, 0.1) is 17.1 Å². The molecule has 0 aliphatic heterocycles. The standard InChI is InChI=1S/C41H66N2.Ni/c1-6-7-8-9-10-11-12-13-14-15-16-17-18-19-20-21-22-23-24-25-26-27-39(43-41-32-37(4)29-38(5)33-41)34-42-40-30-35(2)28-36(3)31-40;/h28-34H,6-27H2,1-5H3;/b42-34+,43-39+;. The SMILES string of the molecule is CCCCCCCCCCCCCCCCCCCCCCCC(/C=N/c1cc(C)cc(C)c1)=N\c1cc(C)cc(C)c1.[Ni]. The zero-order valence-corrected chi connectivity index (χ0v) is 30.3. The Labute approximate surface area is 283 Å². The fraction of sp³-hybridized carbons (Fsp3) is 0.659. The molecule has 3 heteroatoms. The molecule has 0 fully saturated rings. The van der Waals surface area contributed by atoms with Gasteiger partial charge in [0.1, 0.15) is 0 Å². The number of hydrogen-bond donors (Lipinski definition) is 0. The molecule has 0 radical (unpaired) electrons. The van der Waals surface area contributed by atoms with Crippen molar-refractivity contribution in [2.24, 2.45) is 9.98 Å². The third kappa shape index (κ3) is 21.1. The molecule has 2 aromatic rings. The van der Waals surface area contributed by atoms with Crippen molar-refractivity contribution >= 4 is 23.3 Å². The first-order chi connectivity index (χ1) is 21.0. The first kappa shape index (κ1) is 40.3. The molecule has 44 heavy (non-hydrogen) atoms. The van der Waals surface area contributed by atoms with Gasteiger partial charge in [0, 0.05) is 22.7 Å². The predicted octanol–water partition coefficient (Wildman–Crippen LogP) is 14.0.